The van der Waals surface area contributed by atoms with Gasteiger partial charge >= 0.3 is 0 Å². The number of hydrogen-bond acceptors (Lipinski definition) is 3. The minimum absolute atomic E-state index is 0.0427. The molecule has 0 bridgehead atoms. The van der Waals surface area contributed by atoms with Gasteiger partial charge in [0.25, 0.3) is 0 Å². The summed E-state index contributed by atoms with van der Waals surface area (Å²) < 4.78 is 5.46. The van der Waals surface area contributed by atoms with Gasteiger partial charge in [0.2, 0.25) is 5.91 Å². The number of hydrogen-bond donors (Lipinski definition) is 2. The van der Waals surface area contributed by atoms with Crippen LogP contribution in [-0.4, -0.2) is 19.6 Å². The van der Waals surface area contributed by atoms with E-state index < -0.39 is 5.41 Å². The Morgan fingerprint density at radius 1 is 1.41 bits per heavy atom. The van der Waals surface area contributed by atoms with E-state index >= 15 is 0 Å². The lowest BCUT2D eigenvalue weighted by molar-refractivity contribution is -0.126. The lowest BCUT2D eigenvalue weighted by Gasteiger charge is -2.24. The van der Waals surface area contributed by atoms with Gasteiger partial charge in [0.05, 0.1) is 12.0 Å². The van der Waals surface area contributed by atoms with Crippen molar-refractivity contribution in [3.05, 3.63) is 29.3 Å². The molecule has 0 atom stereocenters. The van der Waals surface area contributed by atoms with Crippen molar-refractivity contribution in [1.29, 1.82) is 0 Å². The molecule has 2 N–H and O–H groups in total. The number of nitrogens with one attached hydrogen (secondary N) is 2. The predicted molar refractivity (Wildman–Crippen MR) is 65.9 cm³/mol. The maximum atomic E-state index is 12.0. The van der Waals surface area contributed by atoms with E-state index in [2.05, 4.69) is 16.9 Å². The first-order valence-corrected chi connectivity index (χ1v) is 5.79. The van der Waals surface area contributed by atoms with E-state index in [4.69, 9.17) is 4.74 Å². The molecule has 1 aromatic carbocycles. The molecular formula is C13H18N2O2. The highest BCUT2D eigenvalue weighted by atomic mass is 16.5. The molecule has 0 radical (unpaired) electrons. The number of rotatable bonds is 3. The minimum Gasteiger partial charge on any atom is -0.493 e. The first-order valence-electron chi connectivity index (χ1n) is 5.79. The Kier molecular flexibility index (Phi) is 3.07. The Labute approximate surface area is 101 Å². The van der Waals surface area contributed by atoms with Gasteiger partial charge in [-0.2, -0.15) is 0 Å². The van der Waals surface area contributed by atoms with E-state index in [0.29, 0.717) is 0 Å². The average Bonchev–Trinajstić information content (AvgIpc) is 2.76. The molecule has 1 aliphatic rings. The monoisotopic (exact) mass is 234 g/mol. The summed E-state index contributed by atoms with van der Waals surface area (Å²) in [6.45, 7) is 4.57. The maximum Gasteiger partial charge on any atom is 0.244 e. The van der Waals surface area contributed by atoms with Crippen LogP contribution in [0, 0.1) is 0 Å². The fourth-order valence-corrected chi connectivity index (χ4v) is 1.98. The number of carbonyl (C=O) groups excluding carboxylic acids is 1. The molecule has 92 valence electrons. The molecule has 0 spiro atoms. The second-order valence-electron chi connectivity index (χ2n) is 4.75. The molecule has 1 aromatic rings. The van der Waals surface area contributed by atoms with Gasteiger partial charge in [-0.15, -0.1) is 0 Å². The first kappa shape index (κ1) is 11.9. The molecule has 1 amide bonds. The highest BCUT2D eigenvalue weighted by Crippen LogP contribution is 2.31. The summed E-state index contributed by atoms with van der Waals surface area (Å²) >= 11 is 0. The number of amides is 1. The molecule has 0 unspecified atom stereocenters. The number of benzene rings is 1. The lowest BCUT2D eigenvalue weighted by Crippen LogP contribution is -2.45. The summed E-state index contributed by atoms with van der Waals surface area (Å²) in [4.78, 5) is 12.0. The summed E-state index contributed by atoms with van der Waals surface area (Å²) in [6, 6.07) is 5.98. The van der Waals surface area contributed by atoms with Gasteiger partial charge in [-0.05, 0) is 31.0 Å². The third kappa shape index (κ3) is 2.13. The van der Waals surface area contributed by atoms with Crippen LogP contribution in [0.1, 0.15) is 25.0 Å². The molecule has 1 aliphatic heterocycles. The molecule has 4 heteroatoms. The van der Waals surface area contributed by atoms with Gasteiger partial charge in [0, 0.05) is 13.5 Å². The minimum atomic E-state index is -0.555. The Morgan fingerprint density at radius 2 is 2.18 bits per heavy atom. The van der Waals surface area contributed by atoms with Crippen molar-refractivity contribution in [2.45, 2.75) is 25.7 Å². The predicted octanol–water partition coefficient (Wildman–Crippen LogP) is 1.15. The average molecular weight is 234 g/mol. The van der Waals surface area contributed by atoms with E-state index in [1.54, 1.807) is 7.05 Å². The molecule has 4 nitrogen and oxygen atoms in total. The van der Waals surface area contributed by atoms with Crippen molar-refractivity contribution in [1.82, 2.24) is 10.9 Å². The van der Waals surface area contributed by atoms with Crippen LogP contribution in [-0.2, 0) is 16.6 Å². The maximum absolute atomic E-state index is 12.0. The lowest BCUT2D eigenvalue weighted by atomic mass is 9.83. The van der Waals surface area contributed by atoms with Gasteiger partial charge in [-0.1, -0.05) is 12.1 Å². The number of fused-ring (bicyclic) bond motifs is 1. The number of carbonyl (C=O) groups is 1. The Balaban J connectivity index is 2.30. The Hall–Kier alpha value is -1.55. The first-order chi connectivity index (χ1) is 8.05. The van der Waals surface area contributed by atoms with Crippen molar-refractivity contribution >= 4 is 5.91 Å². The highest BCUT2D eigenvalue weighted by Gasteiger charge is 2.30. The molecule has 0 aliphatic carbocycles. The summed E-state index contributed by atoms with van der Waals surface area (Å²) in [5.41, 5.74) is 6.94. The quantitative estimate of drug-likeness (QED) is 0.771. The van der Waals surface area contributed by atoms with Gasteiger partial charge < -0.3 is 4.74 Å². The highest BCUT2D eigenvalue weighted by molar-refractivity contribution is 5.87. The molecule has 0 fully saturated rings. The summed E-state index contributed by atoms with van der Waals surface area (Å²) in [5, 5.41) is 0. The van der Waals surface area contributed by atoms with Crippen LogP contribution < -0.4 is 15.6 Å². The summed E-state index contributed by atoms with van der Waals surface area (Å²) in [5.74, 6) is 0.900. The van der Waals surface area contributed by atoms with Crippen molar-refractivity contribution in [2.75, 3.05) is 13.7 Å². The van der Waals surface area contributed by atoms with Gasteiger partial charge in [-0.25, -0.2) is 5.43 Å². The topological polar surface area (TPSA) is 50.4 Å². The summed E-state index contributed by atoms with van der Waals surface area (Å²) in [6.07, 6.45) is 0.924. The van der Waals surface area contributed by atoms with E-state index in [-0.39, 0.29) is 5.91 Å². The van der Waals surface area contributed by atoms with Crippen LogP contribution in [0.5, 0.6) is 5.75 Å². The van der Waals surface area contributed by atoms with Crippen LogP contribution in [0.25, 0.3) is 0 Å². The van der Waals surface area contributed by atoms with Crippen LogP contribution in [0.2, 0.25) is 0 Å². The van der Waals surface area contributed by atoms with Gasteiger partial charge in [-0.3, -0.25) is 10.2 Å². The van der Waals surface area contributed by atoms with Crippen molar-refractivity contribution in [3.8, 4) is 5.75 Å². The third-order valence-electron chi connectivity index (χ3n) is 3.22. The molecule has 17 heavy (non-hydrogen) atoms. The summed E-state index contributed by atoms with van der Waals surface area (Å²) in [7, 11) is 1.69. The number of hydrazine groups is 1. The largest absolute Gasteiger partial charge is 0.493 e. The van der Waals surface area contributed by atoms with Crippen LogP contribution >= 0.6 is 0 Å². The van der Waals surface area contributed by atoms with E-state index in [9.17, 15) is 4.79 Å². The van der Waals surface area contributed by atoms with E-state index in [1.165, 1.54) is 5.56 Å². The van der Waals surface area contributed by atoms with E-state index in [1.807, 2.05) is 26.0 Å². The zero-order valence-electron chi connectivity index (χ0n) is 10.5. The van der Waals surface area contributed by atoms with Crippen LogP contribution in [0.15, 0.2) is 18.2 Å². The van der Waals surface area contributed by atoms with Gasteiger partial charge in [0.1, 0.15) is 5.75 Å². The standard InChI is InChI=1S/C13H18N2O2/c1-13(2,12(16)15-14-3)10-4-5-11-9(8-10)6-7-17-11/h4-5,8,14H,6-7H2,1-3H3,(H,15,16). The zero-order valence-corrected chi connectivity index (χ0v) is 10.5. The molecule has 0 aromatic heterocycles. The molecule has 2 rings (SSSR count). The van der Waals surface area contributed by atoms with Crippen LogP contribution in [0.3, 0.4) is 0 Å². The van der Waals surface area contributed by atoms with Gasteiger partial charge in [0.15, 0.2) is 0 Å². The smallest absolute Gasteiger partial charge is 0.244 e. The van der Waals surface area contributed by atoms with E-state index in [0.717, 1.165) is 24.3 Å². The van der Waals surface area contributed by atoms with Crippen molar-refractivity contribution < 1.29 is 9.53 Å². The third-order valence-corrected chi connectivity index (χ3v) is 3.22. The molecule has 0 saturated heterocycles. The Bertz CT molecular complexity index is 441. The molecule has 0 saturated carbocycles. The zero-order chi connectivity index (χ0) is 12.5. The second-order valence-corrected chi connectivity index (χ2v) is 4.75. The van der Waals surface area contributed by atoms with Crippen LogP contribution in [0.4, 0.5) is 0 Å². The fraction of sp³-hybridized carbons (Fsp3) is 0.462. The molecule has 1 heterocycles. The number of ether oxygens (including phenoxy) is 1. The second kappa shape index (κ2) is 4.37. The SMILES string of the molecule is CNNC(=O)C(C)(C)c1ccc2c(c1)CCO2. The normalized spacial score (nSPS) is 14.1. The van der Waals surface area contributed by atoms with Crippen molar-refractivity contribution in [2.24, 2.45) is 0 Å². The van der Waals surface area contributed by atoms with Crippen molar-refractivity contribution in [3.63, 3.8) is 0 Å². The Morgan fingerprint density at radius 3 is 2.88 bits per heavy atom. The molecular weight excluding hydrogens is 216 g/mol. The fourth-order valence-electron chi connectivity index (χ4n) is 1.98.